The Hall–Kier alpha value is -2.74. The number of nitrogens with zero attached hydrogens (tertiary/aromatic N) is 6. The first kappa shape index (κ1) is 15.2. The number of nitrogens with one attached hydrogen (secondary N) is 1. The summed E-state index contributed by atoms with van der Waals surface area (Å²) in [5.41, 5.74) is 1.04. The highest BCUT2D eigenvalue weighted by molar-refractivity contribution is 6.30. The molecule has 3 aromatic rings. The van der Waals surface area contributed by atoms with E-state index in [4.69, 9.17) is 11.6 Å². The molecule has 3 rings (SSSR count). The van der Waals surface area contributed by atoms with Crippen molar-refractivity contribution in [2.75, 3.05) is 5.32 Å². The summed E-state index contributed by atoms with van der Waals surface area (Å²) in [6, 6.07) is 6.96. The summed E-state index contributed by atoms with van der Waals surface area (Å²) in [4.78, 5) is 20.0. The van der Waals surface area contributed by atoms with E-state index in [1.54, 1.807) is 17.9 Å². The van der Waals surface area contributed by atoms with Crippen molar-refractivity contribution in [2.24, 2.45) is 0 Å². The van der Waals surface area contributed by atoms with E-state index < -0.39 is 6.04 Å². The second-order valence-electron chi connectivity index (χ2n) is 4.93. The average Bonchev–Trinajstić information content (AvgIpc) is 3.21. The zero-order valence-corrected chi connectivity index (χ0v) is 13.1. The molecule has 0 aliphatic carbocycles. The highest BCUT2D eigenvalue weighted by Crippen LogP contribution is 2.11. The van der Waals surface area contributed by atoms with Gasteiger partial charge in [0.1, 0.15) is 25.0 Å². The van der Waals surface area contributed by atoms with Gasteiger partial charge in [0.05, 0.1) is 6.54 Å². The molecule has 2 heterocycles. The van der Waals surface area contributed by atoms with Crippen molar-refractivity contribution in [1.82, 2.24) is 29.5 Å². The van der Waals surface area contributed by atoms with E-state index in [1.165, 1.54) is 17.3 Å². The summed E-state index contributed by atoms with van der Waals surface area (Å²) in [5, 5.41) is 11.5. The topological polar surface area (TPSA) is 90.5 Å². The first-order chi connectivity index (χ1) is 11.1. The van der Waals surface area contributed by atoms with Gasteiger partial charge in [-0.1, -0.05) is 23.7 Å². The lowest BCUT2D eigenvalue weighted by Gasteiger charge is -2.09. The largest absolute Gasteiger partial charge is 0.291 e. The molecule has 0 aliphatic rings. The number of halogens is 1. The zero-order valence-electron chi connectivity index (χ0n) is 12.3. The van der Waals surface area contributed by atoms with Crippen LogP contribution in [0, 0.1) is 0 Å². The summed E-state index contributed by atoms with van der Waals surface area (Å²) in [6.07, 6.45) is 4.42. The molecular weight excluding hydrogens is 318 g/mol. The summed E-state index contributed by atoms with van der Waals surface area (Å²) in [6.45, 7) is 2.26. The van der Waals surface area contributed by atoms with E-state index in [2.05, 4.69) is 25.5 Å². The molecule has 23 heavy (non-hydrogen) atoms. The Labute approximate surface area is 137 Å². The summed E-state index contributed by atoms with van der Waals surface area (Å²) < 4.78 is 3.10. The molecule has 0 spiro atoms. The first-order valence-electron chi connectivity index (χ1n) is 6.90. The van der Waals surface area contributed by atoms with Gasteiger partial charge in [0.15, 0.2) is 0 Å². The van der Waals surface area contributed by atoms with Gasteiger partial charge in [0.25, 0.3) is 5.91 Å². The Balaban J connectivity index is 1.63. The van der Waals surface area contributed by atoms with Gasteiger partial charge in [-0.05, 0) is 24.6 Å². The van der Waals surface area contributed by atoms with Gasteiger partial charge in [0.2, 0.25) is 5.95 Å². The number of amides is 1. The quantitative estimate of drug-likeness (QED) is 0.769. The second kappa shape index (κ2) is 6.57. The molecular formula is C14H14ClN7O. The van der Waals surface area contributed by atoms with Crippen LogP contribution in [0.25, 0.3) is 0 Å². The van der Waals surface area contributed by atoms with Crippen LogP contribution in [0.5, 0.6) is 0 Å². The van der Waals surface area contributed by atoms with Crippen molar-refractivity contribution in [1.29, 1.82) is 0 Å². The van der Waals surface area contributed by atoms with Gasteiger partial charge in [-0.3, -0.25) is 10.1 Å². The number of hydrogen-bond donors (Lipinski definition) is 1. The highest BCUT2D eigenvalue weighted by Gasteiger charge is 2.17. The fourth-order valence-electron chi connectivity index (χ4n) is 1.96. The molecule has 0 saturated heterocycles. The maximum absolute atomic E-state index is 12.1. The van der Waals surface area contributed by atoms with Gasteiger partial charge in [-0.25, -0.2) is 19.3 Å². The monoisotopic (exact) mass is 331 g/mol. The predicted molar refractivity (Wildman–Crippen MR) is 83.9 cm³/mol. The Morgan fingerprint density at radius 2 is 2.09 bits per heavy atom. The van der Waals surface area contributed by atoms with Crippen LogP contribution in [0.4, 0.5) is 5.95 Å². The molecule has 1 unspecified atom stereocenters. The van der Waals surface area contributed by atoms with Crippen molar-refractivity contribution in [3.63, 3.8) is 0 Å². The van der Waals surface area contributed by atoms with Crippen LogP contribution in [0.15, 0.2) is 43.2 Å². The lowest BCUT2D eigenvalue weighted by Crippen LogP contribution is -2.24. The summed E-state index contributed by atoms with van der Waals surface area (Å²) in [7, 11) is 0. The van der Waals surface area contributed by atoms with Crippen molar-refractivity contribution in [3.05, 3.63) is 53.8 Å². The minimum atomic E-state index is -0.499. The highest BCUT2D eigenvalue weighted by atomic mass is 35.5. The lowest BCUT2D eigenvalue weighted by atomic mass is 10.2. The van der Waals surface area contributed by atoms with Gasteiger partial charge >= 0.3 is 0 Å². The van der Waals surface area contributed by atoms with Crippen LogP contribution in [0.3, 0.4) is 0 Å². The zero-order chi connectivity index (χ0) is 16.2. The molecule has 1 atom stereocenters. The van der Waals surface area contributed by atoms with E-state index >= 15 is 0 Å². The van der Waals surface area contributed by atoms with E-state index in [1.807, 2.05) is 24.3 Å². The third-order valence-corrected chi connectivity index (χ3v) is 3.49. The van der Waals surface area contributed by atoms with E-state index in [9.17, 15) is 4.79 Å². The van der Waals surface area contributed by atoms with E-state index in [0.29, 0.717) is 11.6 Å². The van der Waals surface area contributed by atoms with E-state index in [-0.39, 0.29) is 11.9 Å². The SMILES string of the molecule is CC(C(=O)Nc1ncn(Cc2ccc(Cl)cc2)n1)n1cncn1. The van der Waals surface area contributed by atoms with Crippen LogP contribution in [-0.4, -0.2) is 35.4 Å². The molecule has 1 aromatic carbocycles. The molecule has 0 saturated carbocycles. The van der Waals surface area contributed by atoms with Crippen LogP contribution in [0.2, 0.25) is 5.02 Å². The number of carbonyl (C=O) groups is 1. The number of hydrogen-bond acceptors (Lipinski definition) is 5. The number of aromatic nitrogens is 6. The van der Waals surface area contributed by atoms with Crippen LogP contribution >= 0.6 is 11.6 Å². The number of benzene rings is 1. The van der Waals surface area contributed by atoms with Crippen LogP contribution in [0.1, 0.15) is 18.5 Å². The van der Waals surface area contributed by atoms with E-state index in [0.717, 1.165) is 5.56 Å². The molecule has 9 heteroatoms. The molecule has 1 N–H and O–H groups in total. The molecule has 0 radical (unpaired) electrons. The van der Waals surface area contributed by atoms with Gasteiger partial charge in [-0.2, -0.15) is 5.10 Å². The number of carbonyl (C=O) groups excluding carboxylic acids is 1. The molecule has 0 fully saturated rings. The summed E-state index contributed by atoms with van der Waals surface area (Å²) in [5.74, 6) is -0.0179. The predicted octanol–water partition coefficient (Wildman–Crippen LogP) is 1.77. The van der Waals surface area contributed by atoms with Crippen molar-refractivity contribution in [2.45, 2.75) is 19.5 Å². The van der Waals surface area contributed by atoms with Crippen LogP contribution in [-0.2, 0) is 11.3 Å². The third-order valence-electron chi connectivity index (χ3n) is 3.24. The fourth-order valence-corrected chi connectivity index (χ4v) is 2.08. The average molecular weight is 332 g/mol. The standard InChI is InChI=1S/C14H14ClN7O/c1-10(22-8-16-7-18-22)13(23)19-14-17-9-21(20-14)6-11-2-4-12(15)5-3-11/h2-5,7-10H,6H2,1H3,(H,19,20,23). The number of rotatable bonds is 5. The van der Waals surface area contributed by atoms with Gasteiger partial charge in [0, 0.05) is 5.02 Å². The molecule has 8 nitrogen and oxygen atoms in total. The molecule has 2 aromatic heterocycles. The van der Waals surface area contributed by atoms with Gasteiger partial charge < -0.3 is 0 Å². The Bertz CT molecular complexity index is 782. The normalized spacial score (nSPS) is 12.1. The minimum absolute atomic E-state index is 0.246. The van der Waals surface area contributed by atoms with Crippen molar-refractivity contribution >= 4 is 23.5 Å². The summed E-state index contributed by atoms with van der Waals surface area (Å²) >= 11 is 5.85. The Kier molecular flexibility index (Phi) is 4.33. The minimum Gasteiger partial charge on any atom is -0.291 e. The van der Waals surface area contributed by atoms with Crippen molar-refractivity contribution < 1.29 is 4.79 Å². The second-order valence-corrected chi connectivity index (χ2v) is 5.37. The molecule has 0 bridgehead atoms. The lowest BCUT2D eigenvalue weighted by molar-refractivity contribution is -0.119. The smallest absolute Gasteiger partial charge is 0.251 e. The maximum atomic E-state index is 12.1. The fraction of sp³-hybridized carbons (Fsp3) is 0.214. The molecule has 118 valence electrons. The van der Waals surface area contributed by atoms with Gasteiger partial charge in [-0.15, -0.1) is 5.10 Å². The maximum Gasteiger partial charge on any atom is 0.251 e. The molecule has 1 amide bonds. The number of anilines is 1. The first-order valence-corrected chi connectivity index (χ1v) is 7.28. The Morgan fingerprint density at radius 3 is 2.78 bits per heavy atom. The van der Waals surface area contributed by atoms with Crippen molar-refractivity contribution in [3.8, 4) is 0 Å². The van der Waals surface area contributed by atoms with Crippen LogP contribution < -0.4 is 5.32 Å². The third kappa shape index (κ3) is 3.72. The molecule has 0 aliphatic heterocycles. The Morgan fingerprint density at radius 1 is 1.30 bits per heavy atom.